The van der Waals surface area contributed by atoms with Crippen molar-refractivity contribution in [1.29, 1.82) is 0 Å². The molecule has 8 heteroatoms. The van der Waals surface area contributed by atoms with E-state index in [1.165, 1.54) is 9.88 Å². The summed E-state index contributed by atoms with van der Waals surface area (Å²) in [6, 6.07) is 0. The van der Waals surface area contributed by atoms with Crippen LogP contribution in [0.5, 0.6) is 0 Å². The first kappa shape index (κ1) is 23.6. The van der Waals surface area contributed by atoms with E-state index in [9.17, 15) is 0 Å². The van der Waals surface area contributed by atoms with Gasteiger partial charge in [0.15, 0.2) is 5.96 Å². The highest BCUT2D eigenvalue weighted by Gasteiger charge is 2.15. The molecule has 1 aliphatic rings. The largest absolute Gasteiger partial charge is 0.381 e. The number of guanidine groups is 1. The SMILES string of the molecule is CCNC(=NCCCOCC1CCOC1)NCCc1nc(C)c(C)s1.I. The van der Waals surface area contributed by atoms with E-state index in [1.54, 1.807) is 11.3 Å². The zero-order chi connectivity index (χ0) is 17.9. The Balaban J connectivity index is 0.00000338. The number of hydrogen-bond acceptors (Lipinski definition) is 5. The second kappa shape index (κ2) is 13.7. The lowest BCUT2D eigenvalue weighted by Crippen LogP contribution is -2.38. The highest BCUT2D eigenvalue weighted by Crippen LogP contribution is 2.16. The Morgan fingerprint density at radius 2 is 2.23 bits per heavy atom. The van der Waals surface area contributed by atoms with E-state index >= 15 is 0 Å². The quantitative estimate of drug-likeness (QED) is 0.226. The van der Waals surface area contributed by atoms with Crippen LogP contribution >= 0.6 is 35.3 Å². The second-order valence-electron chi connectivity index (χ2n) is 6.34. The Morgan fingerprint density at radius 1 is 1.38 bits per heavy atom. The van der Waals surface area contributed by atoms with Crippen molar-refractivity contribution >= 4 is 41.3 Å². The van der Waals surface area contributed by atoms with Gasteiger partial charge >= 0.3 is 0 Å². The molecule has 26 heavy (non-hydrogen) atoms. The minimum Gasteiger partial charge on any atom is -0.381 e. The smallest absolute Gasteiger partial charge is 0.191 e. The van der Waals surface area contributed by atoms with Gasteiger partial charge in [0.2, 0.25) is 0 Å². The molecule has 1 aliphatic heterocycles. The third-order valence-corrected chi connectivity index (χ3v) is 5.28. The molecule has 0 bridgehead atoms. The topological polar surface area (TPSA) is 67.8 Å². The fourth-order valence-electron chi connectivity index (χ4n) is 2.60. The van der Waals surface area contributed by atoms with Crippen LogP contribution in [0.3, 0.4) is 0 Å². The second-order valence-corrected chi connectivity index (χ2v) is 7.63. The lowest BCUT2D eigenvalue weighted by Gasteiger charge is -2.11. The summed E-state index contributed by atoms with van der Waals surface area (Å²) >= 11 is 1.78. The fourth-order valence-corrected chi connectivity index (χ4v) is 3.53. The van der Waals surface area contributed by atoms with Gasteiger partial charge < -0.3 is 20.1 Å². The number of aromatic nitrogens is 1. The molecular formula is C18H33IN4O2S. The number of rotatable bonds is 10. The number of nitrogens with zero attached hydrogens (tertiary/aromatic N) is 2. The molecule has 0 aromatic carbocycles. The summed E-state index contributed by atoms with van der Waals surface area (Å²) in [7, 11) is 0. The van der Waals surface area contributed by atoms with Crippen LogP contribution in [0.15, 0.2) is 4.99 Å². The number of thiazole rings is 1. The van der Waals surface area contributed by atoms with E-state index < -0.39 is 0 Å². The zero-order valence-electron chi connectivity index (χ0n) is 16.2. The maximum atomic E-state index is 5.71. The molecular weight excluding hydrogens is 463 g/mol. The van der Waals surface area contributed by atoms with Crippen molar-refractivity contribution in [2.45, 2.75) is 40.0 Å². The van der Waals surface area contributed by atoms with Gasteiger partial charge in [-0.3, -0.25) is 4.99 Å². The van der Waals surface area contributed by atoms with Crippen molar-refractivity contribution < 1.29 is 9.47 Å². The lowest BCUT2D eigenvalue weighted by atomic mass is 10.1. The summed E-state index contributed by atoms with van der Waals surface area (Å²) in [5, 5.41) is 7.85. The van der Waals surface area contributed by atoms with E-state index in [-0.39, 0.29) is 24.0 Å². The van der Waals surface area contributed by atoms with Crippen LogP contribution in [0.4, 0.5) is 0 Å². The summed E-state index contributed by atoms with van der Waals surface area (Å²) in [4.78, 5) is 10.5. The number of aryl methyl sites for hydroxylation is 2. The van der Waals surface area contributed by atoms with Gasteiger partial charge in [-0.15, -0.1) is 35.3 Å². The van der Waals surface area contributed by atoms with Crippen LogP contribution in [0.25, 0.3) is 0 Å². The molecule has 2 N–H and O–H groups in total. The van der Waals surface area contributed by atoms with Crippen LogP contribution < -0.4 is 10.6 Å². The standard InChI is InChI=1S/C18H32N4O2S.HI/c1-4-19-18(21-9-6-17-22-14(2)15(3)25-17)20-8-5-10-23-12-16-7-11-24-13-16;/h16H,4-13H2,1-3H3,(H2,19,20,21);1H. The normalized spacial score (nSPS) is 17.2. The van der Waals surface area contributed by atoms with Crippen molar-refractivity contribution in [3.8, 4) is 0 Å². The maximum absolute atomic E-state index is 5.71. The molecule has 2 heterocycles. The van der Waals surface area contributed by atoms with Gasteiger partial charge in [0.25, 0.3) is 0 Å². The molecule has 1 unspecified atom stereocenters. The molecule has 150 valence electrons. The van der Waals surface area contributed by atoms with Crippen LogP contribution in [-0.2, 0) is 15.9 Å². The third kappa shape index (κ3) is 8.96. The number of halogens is 1. The average Bonchev–Trinajstić information content (AvgIpc) is 3.21. The molecule has 0 aliphatic carbocycles. The number of hydrogen-bond donors (Lipinski definition) is 2. The molecule has 1 atom stereocenters. The molecule has 1 fully saturated rings. The van der Waals surface area contributed by atoms with E-state index in [0.29, 0.717) is 5.92 Å². The molecule has 0 spiro atoms. The first-order chi connectivity index (χ1) is 12.2. The summed E-state index contributed by atoms with van der Waals surface area (Å²) in [5.74, 6) is 1.46. The van der Waals surface area contributed by atoms with Crippen LogP contribution in [-0.4, -0.2) is 57.0 Å². The number of aliphatic imine (C=N–C) groups is 1. The summed E-state index contributed by atoms with van der Waals surface area (Å²) < 4.78 is 11.1. The van der Waals surface area contributed by atoms with Gasteiger partial charge in [-0.25, -0.2) is 4.98 Å². The van der Waals surface area contributed by atoms with E-state index in [4.69, 9.17) is 9.47 Å². The molecule has 0 saturated carbocycles. The number of nitrogens with one attached hydrogen (secondary N) is 2. The van der Waals surface area contributed by atoms with Gasteiger partial charge in [0.05, 0.1) is 23.9 Å². The average molecular weight is 496 g/mol. The Bertz CT molecular complexity index is 514. The Morgan fingerprint density at radius 3 is 2.88 bits per heavy atom. The van der Waals surface area contributed by atoms with E-state index in [1.807, 2.05) is 0 Å². The first-order valence-electron chi connectivity index (χ1n) is 9.29. The van der Waals surface area contributed by atoms with Gasteiger partial charge in [-0.2, -0.15) is 0 Å². The Kier molecular flexibility index (Phi) is 12.4. The molecule has 0 radical (unpaired) electrons. The molecule has 6 nitrogen and oxygen atoms in total. The predicted octanol–water partition coefficient (Wildman–Crippen LogP) is 2.92. The first-order valence-corrected chi connectivity index (χ1v) is 10.1. The molecule has 1 aromatic heterocycles. The maximum Gasteiger partial charge on any atom is 0.191 e. The van der Waals surface area contributed by atoms with Crippen molar-refractivity contribution in [2.75, 3.05) is 46.1 Å². The van der Waals surface area contributed by atoms with Crippen LogP contribution in [0.1, 0.15) is 35.3 Å². The van der Waals surface area contributed by atoms with Crippen molar-refractivity contribution in [2.24, 2.45) is 10.9 Å². The van der Waals surface area contributed by atoms with Crippen molar-refractivity contribution in [1.82, 2.24) is 15.6 Å². The summed E-state index contributed by atoms with van der Waals surface area (Å²) in [6.07, 6.45) is 3.00. The minimum absolute atomic E-state index is 0. The zero-order valence-corrected chi connectivity index (χ0v) is 19.3. The van der Waals surface area contributed by atoms with Crippen molar-refractivity contribution in [3.63, 3.8) is 0 Å². The molecule has 0 amide bonds. The van der Waals surface area contributed by atoms with Gasteiger partial charge in [-0.1, -0.05) is 0 Å². The Hall–Kier alpha value is -0.450. The van der Waals surface area contributed by atoms with Gasteiger partial charge in [-0.05, 0) is 33.6 Å². The van der Waals surface area contributed by atoms with Gasteiger partial charge in [0.1, 0.15) is 0 Å². The summed E-state index contributed by atoms with van der Waals surface area (Å²) in [5.41, 5.74) is 1.14. The highest BCUT2D eigenvalue weighted by atomic mass is 127. The minimum atomic E-state index is 0. The van der Waals surface area contributed by atoms with Crippen LogP contribution in [0.2, 0.25) is 0 Å². The predicted molar refractivity (Wildman–Crippen MR) is 119 cm³/mol. The summed E-state index contributed by atoms with van der Waals surface area (Å²) in [6.45, 7) is 12.1. The molecule has 1 aromatic rings. The third-order valence-electron chi connectivity index (χ3n) is 4.14. The number of ether oxygens (including phenoxy) is 2. The monoisotopic (exact) mass is 496 g/mol. The van der Waals surface area contributed by atoms with E-state index in [2.05, 4.69) is 41.4 Å². The Labute approximate surface area is 178 Å². The van der Waals surface area contributed by atoms with Crippen LogP contribution in [0, 0.1) is 19.8 Å². The lowest BCUT2D eigenvalue weighted by molar-refractivity contribution is 0.0893. The fraction of sp³-hybridized carbons (Fsp3) is 0.778. The van der Waals surface area contributed by atoms with Gasteiger partial charge in [0, 0.05) is 50.1 Å². The molecule has 2 rings (SSSR count). The van der Waals surface area contributed by atoms with Crippen molar-refractivity contribution in [3.05, 3.63) is 15.6 Å². The molecule has 1 saturated heterocycles. The highest BCUT2D eigenvalue weighted by molar-refractivity contribution is 14.0. The van der Waals surface area contributed by atoms with E-state index in [0.717, 1.165) is 77.0 Å².